The summed E-state index contributed by atoms with van der Waals surface area (Å²) >= 11 is 0. The highest BCUT2D eigenvalue weighted by atomic mass is 16.5. The predicted octanol–water partition coefficient (Wildman–Crippen LogP) is 1.83. The van der Waals surface area contributed by atoms with E-state index in [0.29, 0.717) is 19.6 Å². The Morgan fingerprint density at radius 1 is 1.32 bits per heavy atom. The maximum atomic E-state index is 11.4. The van der Waals surface area contributed by atoms with Crippen LogP contribution >= 0.6 is 0 Å². The van der Waals surface area contributed by atoms with E-state index in [2.05, 4.69) is 6.07 Å². The van der Waals surface area contributed by atoms with Gasteiger partial charge in [0.1, 0.15) is 5.75 Å². The summed E-state index contributed by atoms with van der Waals surface area (Å²) in [6.45, 7) is 1.28. The highest BCUT2D eigenvalue weighted by Crippen LogP contribution is 2.15. The first-order valence-electron chi connectivity index (χ1n) is 6.75. The van der Waals surface area contributed by atoms with Crippen LogP contribution in [-0.4, -0.2) is 38.1 Å². The highest BCUT2D eigenvalue weighted by molar-refractivity contribution is 5.75. The number of nitrogens with zero attached hydrogens (tertiary/aromatic N) is 1. The number of hydrogen-bond acceptors (Lipinski definition) is 3. The Balaban J connectivity index is 2.31. The summed E-state index contributed by atoms with van der Waals surface area (Å²) in [6.07, 6.45) is 3.23. The van der Waals surface area contributed by atoms with Crippen LogP contribution < -0.4 is 10.5 Å². The van der Waals surface area contributed by atoms with E-state index in [1.54, 1.807) is 19.0 Å². The van der Waals surface area contributed by atoms with Crippen LogP contribution in [0.2, 0.25) is 0 Å². The van der Waals surface area contributed by atoms with Crippen molar-refractivity contribution in [3.05, 3.63) is 29.8 Å². The minimum Gasteiger partial charge on any atom is -0.494 e. The van der Waals surface area contributed by atoms with Crippen molar-refractivity contribution in [3.8, 4) is 5.75 Å². The van der Waals surface area contributed by atoms with E-state index in [-0.39, 0.29) is 5.91 Å². The van der Waals surface area contributed by atoms with Crippen molar-refractivity contribution < 1.29 is 9.53 Å². The van der Waals surface area contributed by atoms with E-state index >= 15 is 0 Å². The fourth-order valence-corrected chi connectivity index (χ4v) is 1.73. The summed E-state index contributed by atoms with van der Waals surface area (Å²) in [6, 6.07) is 8.06. The fourth-order valence-electron chi connectivity index (χ4n) is 1.73. The molecule has 0 heterocycles. The molecule has 0 aliphatic carbocycles. The monoisotopic (exact) mass is 264 g/mol. The van der Waals surface area contributed by atoms with Gasteiger partial charge in [0.05, 0.1) is 6.61 Å². The molecule has 0 aliphatic rings. The smallest absolute Gasteiger partial charge is 0.222 e. The number of rotatable bonds is 8. The van der Waals surface area contributed by atoms with Gasteiger partial charge < -0.3 is 15.4 Å². The van der Waals surface area contributed by atoms with Crippen molar-refractivity contribution in [2.24, 2.45) is 5.73 Å². The lowest BCUT2D eigenvalue weighted by Gasteiger charge is -2.11. The van der Waals surface area contributed by atoms with E-state index < -0.39 is 0 Å². The van der Waals surface area contributed by atoms with Gasteiger partial charge in [0, 0.05) is 20.5 Å². The number of amides is 1. The van der Waals surface area contributed by atoms with Crippen molar-refractivity contribution in [2.45, 2.75) is 25.7 Å². The molecule has 2 N–H and O–H groups in total. The van der Waals surface area contributed by atoms with E-state index in [1.165, 1.54) is 5.56 Å². The first-order chi connectivity index (χ1) is 9.13. The second kappa shape index (κ2) is 8.53. The highest BCUT2D eigenvalue weighted by Gasteiger charge is 2.03. The summed E-state index contributed by atoms with van der Waals surface area (Å²) < 4.78 is 5.65. The molecule has 1 rings (SSSR count). The number of benzene rings is 1. The molecule has 106 valence electrons. The van der Waals surface area contributed by atoms with Gasteiger partial charge in [-0.3, -0.25) is 4.79 Å². The molecule has 4 nitrogen and oxygen atoms in total. The average molecular weight is 264 g/mol. The fraction of sp³-hybridized carbons (Fsp3) is 0.533. The molecular weight excluding hydrogens is 240 g/mol. The number of ether oxygens (including phenoxy) is 1. The maximum absolute atomic E-state index is 11.4. The molecule has 0 saturated carbocycles. The molecule has 0 fully saturated rings. The number of hydrogen-bond donors (Lipinski definition) is 1. The second-order valence-electron chi connectivity index (χ2n) is 4.78. The third-order valence-electron chi connectivity index (χ3n) is 2.87. The zero-order chi connectivity index (χ0) is 14.1. The van der Waals surface area contributed by atoms with E-state index in [9.17, 15) is 4.79 Å². The van der Waals surface area contributed by atoms with Gasteiger partial charge in [-0.2, -0.15) is 0 Å². The Bertz CT molecular complexity index is 391. The van der Waals surface area contributed by atoms with Crippen LogP contribution in [0.3, 0.4) is 0 Å². The van der Waals surface area contributed by atoms with Crippen molar-refractivity contribution in [1.29, 1.82) is 0 Å². The van der Waals surface area contributed by atoms with Gasteiger partial charge in [0.15, 0.2) is 0 Å². The molecule has 0 bridgehead atoms. The summed E-state index contributed by atoms with van der Waals surface area (Å²) in [4.78, 5) is 13.0. The summed E-state index contributed by atoms with van der Waals surface area (Å²) in [5.41, 5.74) is 6.74. The zero-order valence-corrected chi connectivity index (χ0v) is 11.9. The Hall–Kier alpha value is -1.55. The molecule has 0 radical (unpaired) electrons. The van der Waals surface area contributed by atoms with Crippen molar-refractivity contribution >= 4 is 5.91 Å². The summed E-state index contributed by atoms with van der Waals surface area (Å²) in [5.74, 6) is 1.01. The Morgan fingerprint density at radius 3 is 2.79 bits per heavy atom. The second-order valence-corrected chi connectivity index (χ2v) is 4.78. The van der Waals surface area contributed by atoms with Crippen LogP contribution in [0.1, 0.15) is 24.8 Å². The average Bonchev–Trinajstić information content (AvgIpc) is 2.41. The third kappa shape index (κ3) is 6.25. The number of aryl methyl sites for hydroxylation is 1. The van der Waals surface area contributed by atoms with Gasteiger partial charge in [-0.15, -0.1) is 0 Å². The molecule has 0 aliphatic heterocycles. The molecule has 1 amide bonds. The molecule has 1 aromatic rings. The van der Waals surface area contributed by atoms with Crippen molar-refractivity contribution in [3.63, 3.8) is 0 Å². The first-order valence-corrected chi connectivity index (χ1v) is 6.75. The number of nitrogens with two attached hydrogens (primary N) is 1. The van der Waals surface area contributed by atoms with Crippen molar-refractivity contribution in [1.82, 2.24) is 4.90 Å². The van der Waals surface area contributed by atoms with Crippen LogP contribution in [-0.2, 0) is 11.2 Å². The molecule has 0 saturated heterocycles. The van der Waals surface area contributed by atoms with Gasteiger partial charge in [-0.25, -0.2) is 0 Å². The van der Waals surface area contributed by atoms with Gasteiger partial charge >= 0.3 is 0 Å². The first kappa shape index (κ1) is 15.5. The molecular formula is C15H24N2O2. The lowest BCUT2D eigenvalue weighted by Crippen LogP contribution is -2.21. The van der Waals surface area contributed by atoms with Gasteiger partial charge in [-0.1, -0.05) is 12.1 Å². The Morgan fingerprint density at radius 2 is 2.11 bits per heavy atom. The zero-order valence-electron chi connectivity index (χ0n) is 11.9. The van der Waals surface area contributed by atoms with Crippen LogP contribution in [0.25, 0.3) is 0 Å². The summed E-state index contributed by atoms with van der Waals surface area (Å²) in [5, 5.41) is 0. The molecule has 0 spiro atoms. The van der Waals surface area contributed by atoms with Crippen LogP contribution in [0.15, 0.2) is 24.3 Å². The number of carbonyl (C=O) groups is 1. The molecule has 0 atom stereocenters. The molecule has 4 heteroatoms. The third-order valence-corrected chi connectivity index (χ3v) is 2.87. The lowest BCUT2D eigenvalue weighted by atomic mass is 10.1. The lowest BCUT2D eigenvalue weighted by molar-refractivity contribution is -0.128. The van der Waals surface area contributed by atoms with Gasteiger partial charge in [-0.05, 0) is 43.5 Å². The Kier molecular flexibility index (Phi) is 6.97. The molecule has 19 heavy (non-hydrogen) atoms. The Labute approximate surface area is 115 Å². The van der Waals surface area contributed by atoms with E-state index in [4.69, 9.17) is 10.5 Å². The van der Waals surface area contributed by atoms with Crippen LogP contribution in [0, 0.1) is 0 Å². The van der Waals surface area contributed by atoms with Crippen LogP contribution in [0.5, 0.6) is 5.75 Å². The normalized spacial score (nSPS) is 10.3. The predicted molar refractivity (Wildman–Crippen MR) is 77.2 cm³/mol. The van der Waals surface area contributed by atoms with E-state index in [0.717, 1.165) is 25.0 Å². The summed E-state index contributed by atoms with van der Waals surface area (Å²) in [7, 11) is 3.54. The van der Waals surface area contributed by atoms with Gasteiger partial charge in [0.25, 0.3) is 0 Å². The maximum Gasteiger partial charge on any atom is 0.222 e. The topological polar surface area (TPSA) is 55.6 Å². The van der Waals surface area contributed by atoms with E-state index in [1.807, 2.05) is 18.2 Å². The minimum atomic E-state index is 0.139. The number of carbonyl (C=O) groups excluding carboxylic acids is 1. The quantitative estimate of drug-likeness (QED) is 0.729. The molecule has 1 aromatic carbocycles. The van der Waals surface area contributed by atoms with Gasteiger partial charge in [0.2, 0.25) is 5.91 Å². The minimum absolute atomic E-state index is 0.139. The largest absolute Gasteiger partial charge is 0.494 e. The van der Waals surface area contributed by atoms with Crippen molar-refractivity contribution in [2.75, 3.05) is 27.2 Å². The standard InChI is InChI=1S/C15H24N2O2/c1-17(2)15(18)9-5-11-19-14-8-3-6-13(12-14)7-4-10-16/h3,6,8,12H,4-5,7,9-11,16H2,1-2H3. The molecule has 0 unspecified atom stereocenters. The SMILES string of the molecule is CN(C)C(=O)CCCOc1cccc(CCCN)c1. The molecule has 0 aromatic heterocycles. The van der Waals surface area contributed by atoms with Crippen LogP contribution in [0.4, 0.5) is 0 Å².